The van der Waals surface area contributed by atoms with Crippen LogP contribution in [0, 0.1) is 0 Å². The second-order valence-corrected chi connectivity index (χ2v) is 18.5. The molecule has 0 aromatic heterocycles. The quantitative estimate of drug-likeness (QED) is 0.120. The monoisotopic (exact) mass is 654 g/mol. The van der Waals surface area contributed by atoms with Crippen molar-refractivity contribution in [1.29, 1.82) is 0 Å². The summed E-state index contributed by atoms with van der Waals surface area (Å²) in [5, 5.41) is 0.0375. The standard InChI is InChI=1S/C40H50O6Si/c1-40(2,3)47(4,5)45-30-35-36(41-26-31-18-10-6-11-19-31)37(42-27-32-20-12-7-13-21-32)38(43-28-33-22-14-8-15-23-33)39(46-35)44-29-34-24-16-9-17-25-34/h6-25,35-39H,26-30H2,1-5H3/t35-,36-,37+,38+,39+/m1/s1. The lowest BCUT2D eigenvalue weighted by atomic mass is 9.97. The van der Waals surface area contributed by atoms with Gasteiger partial charge in [0.1, 0.15) is 24.4 Å². The average molecular weight is 655 g/mol. The van der Waals surface area contributed by atoms with E-state index in [2.05, 4.69) is 82.4 Å². The van der Waals surface area contributed by atoms with Crippen molar-refractivity contribution in [3.63, 3.8) is 0 Å². The predicted octanol–water partition coefficient (Wildman–Crippen LogP) is 8.71. The summed E-state index contributed by atoms with van der Waals surface area (Å²) < 4.78 is 40.5. The third kappa shape index (κ3) is 10.2. The lowest BCUT2D eigenvalue weighted by Gasteiger charge is -2.47. The molecule has 5 atom stereocenters. The van der Waals surface area contributed by atoms with Crippen LogP contribution in [-0.2, 0) is 54.5 Å². The molecule has 0 saturated carbocycles. The third-order valence-electron chi connectivity index (χ3n) is 9.12. The fourth-order valence-corrected chi connectivity index (χ4v) is 6.29. The SMILES string of the molecule is CC(C)(C)[Si](C)(C)OC[C@H]1O[C@H](OCc2ccccc2)[C@@H](OCc2ccccc2)[C@@H](OCc2ccccc2)[C@@H]1OCc1ccccc1. The molecule has 0 radical (unpaired) electrons. The molecule has 1 fully saturated rings. The summed E-state index contributed by atoms with van der Waals surface area (Å²) in [6.45, 7) is 13.1. The number of benzene rings is 4. The molecule has 1 aliphatic rings. The molecule has 0 spiro atoms. The van der Waals surface area contributed by atoms with Crippen molar-refractivity contribution in [2.24, 2.45) is 0 Å². The van der Waals surface area contributed by atoms with Crippen molar-refractivity contribution in [1.82, 2.24) is 0 Å². The molecule has 1 saturated heterocycles. The van der Waals surface area contributed by atoms with Crippen molar-refractivity contribution in [3.8, 4) is 0 Å². The Bertz CT molecular complexity index is 1450. The van der Waals surface area contributed by atoms with E-state index < -0.39 is 39.0 Å². The van der Waals surface area contributed by atoms with Crippen molar-refractivity contribution < 1.29 is 28.1 Å². The van der Waals surface area contributed by atoms with E-state index in [0.29, 0.717) is 33.0 Å². The first-order valence-electron chi connectivity index (χ1n) is 16.6. The van der Waals surface area contributed by atoms with Gasteiger partial charge in [-0.3, -0.25) is 0 Å². The molecule has 0 unspecified atom stereocenters. The Kier molecular flexibility index (Phi) is 12.6. The van der Waals surface area contributed by atoms with Gasteiger partial charge in [-0.25, -0.2) is 0 Å². The van der Waals surface area contributed by atoms with E-state index >= 15 is 0 Å². The highest BCUT2D eigenvalue weighted by atomic mass is 28.4. The molecule has 0 amide bonds. The van der Waals surface area contributed by atoms with Gasteiger partial charge in [0.15, 0.2) is 14.6 Å². The predicted molar refractivity (Wildman–Crippen MR) is 188 cm³/mol. The zero-order valence-corrected chi connectivity index (χ0v) is 29.4. The first-order valence-corrected chi connectivity index (χ1v) is 19.5. The topological polar surface area (TPSA) is 55.4 Å². The van der Waals surface area contributed by atoms with Crippen LogP contribution in [0.1, 0.15) is 43.0 Å². The van der Waals surface area contributed by atoms with E-state index in [0.717, 1.165) is 22.3 Å². The molecular weight excluding hydrogens is 605 g/mol. The fraction of sp³-hybridized carbons (Fsp3) is 0.400. The maximum Gasteiger partial charge on any atom is 0.192 e. The molecule has 7 heteroatoms. The molecule has 4 aromatic carbocycles. The maximum absolute atomic E-state index is 6.85. The van der Waals surface area contributed by atoms with Gasteiger partial charge in [0, 0.05) is 0 Å². The molecule has 0 N–H and O–H groups in total. The molecular formula is C40H50O6Si. The maximum atomic E-state index is 6.85. The Morgan fingerprint density at radius 1 is 0.511 bits per heavy atom. The van der Waals surface area contributed by atoms with Crippen LogP contribution in [0.4, 0.5) is 0 Å². The van der Waals surface area contributed by atoms with E-state index in [1.807, 2.05) is 72.8 Å². The van der Waals surface area contributed by atoms with Crippen LogP contribution >= 0.6 is 0 Å². The van der Waals surface area contributed by atoms with E-state index in [4.69, 9.17) is 28.1 Å². The van der Waals surface area contributed by atoms with Crippen LogP contribution in [0.25, 0.3) is 0 Å². The molecule has 250 valence electrons. The number of hydrogen-bond donors (Lipinski definition) is 0. The highest BCUT2D eigenvalue weighted by molar-refractivity contribution is 6.74. The van der Waals surface area contributed by atoms with Crippen molar-refractivity contribution in [2.75, 3.05) is 6.61 Å². The average Bonchev–Trinajstić information content (AvgIpc) is 3.09. The smallest absolute Gasteiger partial charge is 0.192 e. The summed E-state index contributed by atoms with van der Waals surface area (Å²) in [5.74, 6) is 0. The van der Waals surface area contributed by atoms with E-state index in [1.165, 1.54) is 0 Å². The molecule has 5 rings (SSSR count). The second kappa shape index (κ2) is 16.8. The normalized spacial score (nSPS) is 21.9. The van der Waals surface area contributed by atoms with E-state index in [-0.39, 0.29) is 5.04 Å². The Hall–Kier alpha value is -3.14. The Morgan fingerprint density at radius 2 is 0.872 bits per heavy atom. The highest BCUT2D eigenvalue weighted by Gasteiger charge is 2.50. The molecule has 4 aromatic rings. The van der Waals surface area contributed by atoms with Gasteiger partial charge < -0.3 is 28.1 Å². The van der Waals surface area contributed by atoms with Crippen molar-refractivity contribution in [3.05, 3.63) is 144 Å². The van der Waals surface area contributed by atoms with Crippen LogP contribution in [0.2, 0.25) is 18.1 Å². The molecule has 6 nitrogen and oxygen atoms in total. The number of hydrogen-bond acceptors (Lipinski definition) is 6. The molecule has 1 heterocycles. The summed E-state index contributed by atoms with van der Waals surface area (Å²) >= 11 is 0. The van der Waals surface area contributed by atoms with Gasteiger partial charge in [-0.15, -0.1) is 0 Å². The van der Waals surface area contributed by atoms with Crippen LogP contribution in [0.3, 0.4) is 0 Å². The fourth-order valence-electron chi connectivity index (χ4n) is 5.27. The summed E-state index contributed by atoms with van der Waals surface area (Å²) in [6, 6.07) is 40.7. The van der Waals surface area contributed by atoms with Gasteiger partial charge in [-0.05, 0) is 40.4 Å². The van der Waals surface area contributed by atoms with E-state index in [9.17, 15) is 0 Å². The summed E-state index contributed by atoms with van der Waals surface area (Å²) in [4.78, 5) is 0. The van der Waals surface area contributed by atoms with E-state index in [1.54, 1.807) is 0 Å². The zero-order chi connectivity index (χ0) is 33.1. The van der Waals surface area contributed by atoms with Crippen LogP contribution < -0.4 is 0 Å². The van der Waals surface area contributed by atoms with Crippen LogP contribution in [0.5, 0.6) is 0 Å². The van der Waals surface area contributed by atoms with Gasteiger partial charge >= 0.3 is 0 Å². The first kappa shape index (κ1) is 35.2. The molecule has 0 aliphatic carbocycles. The molecule has 0 bridgehead atoms. The van der Waals surface area contributed by atoms with Gasteiger partial charge in [0.25, 0.3) is 0 Å². The van der Waals surface area contributed by atoms with Crippen LogP contribution in [0.15, 0.2) is 121 Å². The molecule has 47 heavy (non-hydrogen) atoms. The Morgan fingerprint density at radius 3 is 1.28 bits per heavy atom. The van der Waals surface area contributed by atoms with Crippen LogP contribution in [-0.4, -0.2) is 45.6 Å². The minimum Gasteiger partial charge on any atom is -0.414 e. The lowest BCUT2D eigenvalue weighted by Crippen LogP contribution is -2.62. The van der Waals surface area contributed by atoms with Gasteiger partial charge in [-0.1, -0.05) is 142 Å². The third-order valence-corrected chi connectivity index (χ3v) is 13.6. The van der Waals surface area contributed by atoms with Gasteiger partial charge in [-0.2, -0.15) is 0 Å². The molecule has 1 aliphatic heterocycles. The summed E-state index contributed by atoms with van der Waals surface area (Å²) in [6.07, 6.45) is -2.74. The van der Waals surface area contributed by atoms with Crippen molar-refractivity contribution in [2.45, 2.75) is 96.0 Å². The second-order valence-electron chi connectivity index (χ2n) is 13.7. The summed E-state index contributed by atoms with van der Waals surface area (Å²) in [5.41, 5.74) is 4.25. The number of ether oxygens (including phenoxy) is 5. The Balaban J connectivity index is 1.48. The first-order chi connectivity index (χ1) is 22.7. The Labute approximate surface area is 282 Å². The largest absolute Gasteiger partial charge is 0.414 e. The minimum absolute atomic E-state index is 0.0375. The minimum atomic E-state index is -2.12. The highest BCUT2D eigenvalue weighted by Crippen LogP contribution is 2.38. The van der Waals surface area contributed by atoms with Gasteiger partial charge in [0.05, 0.1) is 33.0 Å². The lowest BCUT2D eigenvalue weighted by molar-refractivity contribution is -0.328. The summed E-state index contributed by atoms with van der Waals surface area (Å²) in [7, 11) is -2.12. The van der Waals surface area contributed by atoms with Crippen molar-refractivity contribution >= 4 is 8.32 Å². The number of rotatable bonds is 15. The zero-order valence-electron chi connectivity index (χ0n) is 28.4. The van der Waals surface area contributed by atoms with Gasteiger partial charge in [0.2, 0.25) is 0 Å².